The number of aryl methyl sites for hydroxylation is 1. The highest BCUT2D eigenvalue weighted by atomic mass is 16.5. The van der Waals surface area contributed by atoms with E-state index in [1.54, 1.807) is 7.11 Å². The van der Waals surface area contributed by atoms with E-state index in [4.69, 9.17) is 10.5 Å². The van der Waals surface area contributed by atoms with Gasteiger partial charge in [0.2, 0.25) is 5.91 Å². The predicted molar refractivity (Wildman–Crippen MR) is 81.8 cm³/mol. The lowest BCUT2D eigenvalue weighted by molar-refractivity contribution is -0.122. The van der Waals surface area contributed by atoms with Gasteiger partial charge in [0, 0.05) is 17.5 Å². The summed E-state index contributed by atoms with van der Waals surface area (Å²) in [6.07, 6.45) is 1.10. The number of carbonyl (C=O) groups excluding carboxylic acids is 1. The van der Waals surface area contributed by atoms with Crippen LogP contribution >= 0.6 is 0 Å². The van der Waals surface area contributed by atoms with Crippen molar-refractivity contribution in [2.45, 2.75) is 52.1 Å². The molecular weight excluding hydrogens is 252 g/mol. The largest absolute Gasteiger partial charge is 0.496 e. The molecule has 0 bridgehead atoms. The molecular formula is C16H26N2O2. The molecule has 4 heteroatoms. The fraction of sp³-hybridized carbons (Fsp3) is 0.562. The van der Waals surface area contributed by atoms with Crippen LogP contribution in [0.15, 0.2) is 18.2 Å². The molecule has 1 atom stereocenters. The summed E-state index contributed by atoms with van der Waals surface area (Å²) in [6, 6.07) is 5.87. The van der Waals surface area contributed by atoms with Crippen LogP contribution in [0.4, 0.5) is 0 Å². The second-order valence-electron chi connectivity index (χ2n) is 6.02. The van der Waals surface area contributed by atoms with Crippen molar-refractivity contribution >= 4 is 5.91 Å². The Labute approximate surface area is 121 Å². The first kappa shape index (κ1) is 16.5. The van der Waals surface area contributed by atoms with E-state index >= 15 is 0 Å². The first-order chi connectivity index (χ1) is 9.23. The molecule has 1 unspecified atom stereocenters. The fourth-order valence-corrected chi connectivity index (χ4v) is 2.02. The van der Waals surface area contributed by atoms with E-state index in [2.05, 4.69) is 5.32 Å². The molecule has 1 rings (SSSR count). The summed E-state index contributed by atoms with van der Waals surface area (Å²) in [5, 5.41) is 3.00. The number of hydrogen-bond acceptors (Lipinski definition) is 3. The average Bonchev–Trinajstić information content (AvgIpc) is 2.35. The topological polar surface area (TPSA) is 64.3 Å². The minimum absolute atomic E-state index is 0.0135. The highest BCUT2D eigenvalue weighted by Gasteiger charge is 2.17. The van der Waals surface area contributed by atoms with E-state index in [0.29, 0.717) is 12.8 Å². The molecule has 0 radical (unpaired) electrons. The number of benzene rings is 1. The van der Waals surface area contributed by atoms with Gasteiger partial charge >= 0.3 is 0 Å². The molecule has 0 fully saturated rings. The van der Waals surface area contributed by atoms with Crippen LogP contribution in [0.5, 0.6) is 5.75 Å². The van der Waals surface area contributed by atoms with Gasteiger partial charge in [0.25, 0.3) is 0 Å². The van der Waals surface area contributed by atoms with Crippen LogP contribution in [-0.4, -0.2) is 18.6 Å². The van der Waals surface area contributed by atoms with Gasteiger partial charge in [0.05, 0.1) is 13.2 Å². The van der Waals surface area contributed by atoms with Crippen molar-refractivity contribution in [3.63, 3.8) is 0 Å². The third-order valence-corrected chi connectivity index (χ3v) is 3.23. The quantitative estimate of drug-likeness (QED) is 0.841. The van der Waals surface area contributed by atoms with Crippen molar-refractivity contribution in [3.8, 4) is 5.75 Å². The number of hydrogen-bond donors (Lipinski definition) is 2. The predicted octanol–water partition coefficient (Wildman–Crippen LogP) is 2.70. The number of amides is 1. The van der Waals surface area contributed by atoms with Gasteiger partial charge in [-0.3, -0.25) is 4.79 Å². The minimum atomic E-state index is -0.318. The van der Waals surface area contributed by atoms with E-state index < -0.39 is 0 Å². The summed E-state index contributed by atoms with van der Waals surface area (Å²) < 4.78 is 5.35. The lowest BCUT2D eigenvalue weighted by Gasteiger charge is -2.20. The summed E-state index contributed by atoms with van der Waals surface area (Å²) in [4.78, 5) is 12.0. The second kappa shape index (κ2) is 6.75. The molecule has 1 aromatic rings. The standard InChI is InChI=1S/C16H26N2O2/c1-11-6-7-14(20-5)13(10-11)12(2)18-15(19)8-9-16(3,4)17/h6-7,10,12H,8-9,17H2,1-5H3,(H,18,19). The lowest BCUT2D eigenvalue weighted by atomic mass is 9.99. The molecule has 0 heterocycles. The summed E-state index contributed by atoms with van der Waals surface area (Å²) in [5.74, 6) is 0.808. The average molecular weight is 278 g/mol. The van der Waals surface area contributed by atoms with Gasteiger partial charge in [-0.05, 0) is 40.2 Å². The van der Waals surface area contributed by atoms with Crippen LogP contribution in [0.1, 0.15) is 50.8 Å². The Morgan fingerprint density at radius 3 is 2.65 bits per heavy atom. The maximum Gasteiger partial charge on any atom is 0.220 e. The van der Waals surface area contributed by atoms with Crippen molar-refractivity contribution in [3.05, 3.63) is 29.3 Å². The normalized spacial score (nSPS) is 12.9. The van der Waals surface area contributed by atoms with Crippen LogP contribution in [0, 0.1) is 6.92 Å². The summed E-state index contributed by atoms with van der Waals surface area (Å²) in [5.41, 5.74) is 7.71. The third-order valence-electron chi connectivity index (χ3n) is 3.23. The Balaban J connectivity index is 2.69. The van der Waals surface area contributed by atoms with E-state index in [1.165, 1.54) is 0 Å². The molecule has 0 aliphatic rings. The van der Waals surface area contributed by atoms with E-state index in [0.717, 1.165) is 16.9 Å². The highest BCUT2D eigenvalue weighted by molar-refractivity contribution is 5.76. The smallest absolute Gasteiger partial charge is 0.220 e. The number of methoxy groups -OCH3 is 1. The van der Waals surface area contributed by atoms with Gasteiger partial charge in [0.15, 0.2) is 0 Å². The van der Waals surface area contributed by atoms with Gasteiger partial charge in [-0.1, -0.05) is 17.7 Å². The molecule has 0 aromatic heterocycles. The van der Waals surface area contributed by atoms with Crippen LogP contribution in [0.3, 0.4) is 0 Å². The molecule has 112 valence electrons. The molecule has 0 saturated carbocycles. The Bertz CT molecular complexity index is 464. The Hall–Kier alpha value is -1.55. The Morgan fingerprint density at radius 1 is 1.45 bits per heavy atom. The lowest BCUT2D eigenvalue weighted by Crippen LogP contribution is -2.35. The number of carbonyl (C=O) groups is 1. The maximum atomic E-state index is 12.0. The fourth-order valence-electron chi connectivity index (χ4n) is 2.02. The SMILES string of the molecule is COc1ccc(C)cc1C(C)NC(=O)CCC(C)(C)N. The molecule has 1 amide bonds. The summed E-state index contributed by atoms with van der Waals surface area (Å²) in [6.45, 7) is 7.83. The van der Waals surface area contributed by atoms with Gasteiger partial charge in [0.1, 0.15) is 5.75 Å². The minimum Gasteiger partial charge on any atom is -0.496 e. The first-order valence-electron chi connectivity index (χ1n) is 6.96. The van der Waals surface area contributed by atoms with Crippen molar-refractivity contribution in [2.75, 3.05) is 7.11 Å². The number of nitrogens with two attached hydrogens (primary N) is 1. The van der Waals surface area contributed by atoms with Crippen molar-refractivity contribution in [1.29, 1.82) is 0 Å². The summed E-state index contributed by atoms with van der Waals surface area (Å²) in [7, 11) is 1.64. The molecule has 20 heavy (non-hydrogen) atoms. The second-order valence-corrected chi connectivity index (χ2v) is 6.02. The van der Waals surface area contributed by atoms with E-state index in [-0.39, 0.29) is 17.5 Å². The van der Waals surface area contributed by atoms with Crippen LogP contribution < -0.4 is 15.8 Å². The number of rotatable bonds is 6. The zero-order chi connectivity index (χ0) is 15.3. The molecule has 0 aliphatic carbocycles. The summed E-state index contributed by atoms with van der Waals surface area (Å²) >= 11 is 0. The van der Waals surface area contributed by atoms with Gasteiger partial charge in [-0.15, -0.1) is 0 Å². The maximum absolute atomic E-state index is 12.0. The number of nitrogens with one attached hydrogen (secondary N) is 1. The van der Waals surface area contributed by atoms with E-state index in [1.807, 2.05) is 45.9 Å². The van der Waals surface area contributed by atoms with Gasteiger partial charge in [-0.25, -0.2) is 0 Å². The Kier molecular flexibility index (Phi) is 5.57. The molecule has 0 aliphatic heterocycles. The number of ether oxygens (including phenoxy) is 1. The molecule has 0 saturated heterocycles. The molecule has 4 nitrogen and oxygen atoms in total. The van der Waals surface area contributed by atoms with Gasteiger partial charge < -0.3 is 15.8 Å². The highest BCUT2D eigenvalue weighted by Crippen LogP contribution is 2.26. The zero-order valence-electron chi connectivity index (χ0n) is 13.1. The molecule has 0 spiro atoms. The van der Waals surface area contributed by atoms with Crippen molar-refractivity contribution in [2.24, 2.45) is 5.73 Å². The monoisotopic (exact) mass is 278 g/mol. The van der Waals surface area contributed by atoms with Crippen molar-refractivity contribution < 1.29 is 9.53 Å². The van der Waals surface area contributed by atoms with Crippen molar-refractivity contribution in [1.82, 2.24) is 5.32 Å². The van der Waals surface area contributed by atoms with Crippen LogP contribution in [0.25, 0.3) is 0 Å². The molecule has 3 N–H and O–H groups in total. The van der Waals surface area contributed by atoms with E-state index in [9.17, 15) is 4.79 Å². The van der Waals surface area contributed by atoms with Crippen LogP contribution in [0.2, 0.25) is 0 Å². The third kappa shape index (κ3) is 5.21. The zero-order valence-corrected chi connectivity index (χ0v) is 13.1. The molecule has 1 aromatic carbocycles. The van der Waals surface area contributed by atoms with Gasteiger partial charge in [-0.2, -0.15) is 0 Å². The first-order valence-corrected chi connectivity index (χ1v) is 6.96. The Morgan fingerprint density at radius 2 is 2.10 bits per heavy atom. The van der Waals surface area contributed by atoms with Crippen LogP contribution in [-0.2, 0) is 4.79 Å².